The zero-order valence-corrected chi connectivity index (χ0v) is 12.4. The van der Waals surface area contributed by atoms with Crippen molar-refractivity contribution < 1.29 is 0 Å². The molecule has 0 radical (unpaired) electrons. The molecule has 1 N–H and O–H groups in total. The molecular weight excluding hydrogens is 238 g/mol. The molecule has 1 fully saturated rings. The van der Waals surface area contributed by atoms with Crippen LogP contribution < -0.4 is 10.2 Å². The second kappa shape index (κ2) is 6.19. The summed E-state index contributed by atoms with van der Waals surface area (Å²) in [6.45, 7) is 9.62. The highest BCUT2D eigenvalue weighted by Crippen LogP contribution is 2.20. The Bertz CT molecular complexity index is 397. The SMILES string of the molecule is CCCNc1cncc(N2CC(C)N(C)C(C)C2)n1. The van der Waals surface area contributed by atoms with Gasteiger partial charge in [0, 0.05) is 31.7 Å². The molecule has 106 valence electrons. The Morgan fingerprint density at radius 1 is 1.26 bits per heavy atom. The van der Waals surface area contributed by atoms with E-state index in [1.807, 2.05) is 6.20 Å². The average Bonchev–Trinajstić information content (AvgIpc) is 2.42. The lowest BCUT2D eigenvalue weighted by Gasteiger charge is -2.42. The molecule has 0 bridgehead atoms. The minimum atomic E-state index is 0.540. The van der Waals surface area contributed by atoms with Crippen LogP contribution in [0, 0.1) is 0 Å². The molecule has 0 spiro atoms. The molecule has 1 saturated heterocycles. The van der Waals surface area contributed by atoms with Crippen LogP contribution in [0.5, 0.6) is 0 Å². The lowest BCUT2D eigenvalue weighted by molar-refractivity contribution is 0.169. The molecule has 2 rings (SSSR count). The molecular formula is C14H25N5. The molecule has 1 aliphatic rings. The van der Waals surface area contributed by atoms with Gasteiger partial charge < -0.3 is 10.2 Å². The van der Waals surface area contributed by atoms with Gasteiger partial charge in [-0.2, -0.15) is 0 Å². The third-order valence-electron chi connectivity index (χ3n) is 3.86. The van der Waals surface area contributed by atoms with Gasteiger partial charge in [0.25, 0.3) is 0 Å². The van der Waals surface area contributed by atoms with Crippen LogP contribution in [-0.4, -0.2) is 53.6 Å². The fraction of sp³-hybridized carbons (Fsp3) is 0.714. The molecule has 5 nitrogen and oxygen atoms in total. The topological polar surface area (TPSA) is 44.3 Å². The molecule has 0 aromatic carbocycles. The van der Waals surface area contributed by atoms with Gasteiger partial charge in [0.05, 0.1) is 12.4 Å². The van der Waals surface area contributed by atoms with Crippen molar-refractivity contribution in [3.63, 3.8) is 0 Å². The minimum absolute atomic E-state index is 0.540. The first-order valence-electron chi connectivity index (χ1n) is 7.14. The summed E-state index contributed by atoms with van der Waals surface area (Å²) in [6.07, 6.45) is 4.75. The van der Waals surface area contributed by atoms with Gasteiger partial charge in [0.15, 0.2) is 0 Å². The largest absolute Gasteiger partial charge is 0.369 e. The highest BCUT2D eigenvalue weighted by Gasteiger charge is 2.27. The van der Waals surface area contributed by atoms with Crippen LogP contribution in [-0.2, 0) is 0 Å². The molecule has 2 atom stereocenters. The molecule has 0 saturated carbocycles. The van der Waals surface area contributed by atoms with Gasteiger partial charge in [-0.15, -0.1) is 0 Å². The number of piperazine rings is 1. The second-order valence-electron chi connectivity index (χ2n) is 5.46. The van der Waals surface area contributed by atoms with Gasteiger partial charge in [-0.1, -0.05) is 6.92 Å². The minimum Gasteiger partial charge on any atom is -0.369 e. The highest BCUT2D eigenvalue weighted by molar-refractivity contribution is 5.44. The summed E-state index contributed by atoms with van der Waals surface area (Å²) < 4.78 is 0. The fourth-order valence-corrected chi connectivity index (χ4v) is 2.44. The number of aromatic nitrogens is 2. The van der Waals surface area contributed by atoms with E-state index in [0.29, 0.717) is 12.1 Å². The van der Waals surface area contributed by atoms with Crippen LogP contribution >= 0.6 is 0 Å². The predicted octanol–water partition coefficient (Wildman–Crippen LogP) is 1.83. The molecule has 1 aromatic heterocycles. The quantitative estimate of drug-likeness (QED) is 0.898. The molecule has 19 heavy (non-hydrogen) atoms. The Balaban J connectivity index is 2.09. The Hall–Kier alpha value is -1.36. The smallest absolute Gasteiger partial charge is 0.149 e. The first kappa shape index (κ1) is 14.1. The molecule has 2 unspecified atom stereocenters. The maximum Gasteiger partial charge on any atom is 0.149 e. The van der Waals surface area contributed by atoms with Crippen LogP contribution in [0.4, 0.5) is 11.6 Å². The van der Waals surface area contributed by atoms with Gasteiger partial charge >= 0.3 is 0 Å². The van der Waals surface area contributed by atoms with Crippen LogP contribution in [0.25, 0.3) is 0 Å². The maximum absolute atomic E-state index is 4.66. The summed E-state index contributed by atoms with van der Waals surface area (Å²) in [6, 6.07) is 1.08. The third-order valence-corrected chi connectivity index (χ3v) is 3.86. The first-order valence-corrected chi connectivity index (χ1v) is 7.14. The summed E-state index contributed by atoms with van der Waals surface area (Å²) in [5, 5.41) is 3.29. The third kappa shape index (κ3) is 3.35. The maximum atomic E-state index is 4.66. The lowest BCUT2D eigenvalue weighted by Crippen LogP contribution is -2.55. The molecule has 0 amide bonds. The Kier molecular flexibility index (Phi) is 4.58. The van der Waals surface area contributed by atoms with Crippen molar-refractivity contribution in [3.8, 4) is 0 Å². The van der Waals surface area contributed by atoms with Crippen molar-refractivity contribution in [3.05, 3.63) is 12.4 Å². The van der Waals surface area contributed by atoms with Gasteiger partial charge in [-0.25, -0.2) is 4.98 Å². The molecule has 1 aliphatic heterocycles. The number of hydrogen-bond donors (Lipinski definition) is 1. The zero-order valence-electron chi connectivity index (χ0n) is 12.4. The summed E-state index contributed by atoms with van der Waals surface area (Å²) in [5.41, 5.74) is 0. The van der Waals surface area contributed by atoms with Crippen molar-refractivity contribution in [1.29, 1.82) is 0 Å². The van der Waals surface area contributed by atoms with E-state index in [-0.39, 0.29) is 0 Å². The zero-order chi connectivity index (χ0) is 13.8. The van der Waals surface area contributed by atoms with E-state index in [1.54, 1.807) is 6.20 Å². The summed E-state index contributed by atoms with van der Waals surface area (Å²) in [7, 11) is 2.19. The Morgan fingerprint density at radius 2 is 1.95 bits per heavy atom. The van der Waals surface area contributed by atoms with Crippen LogP contribution in [0.2, 0.25) is 0 Å². The number of anilines is 2. The fourth-order valence-electron chi connectivity index (χ4n) is 2.44. The van der Waals surface area contributed by atoms with Crippen LogP contribution in [0.1, 0.15) is 27.2 Å². The molecule has 2 heterocycles. The van der Waals surface area contributed by atoms with E-state index < -0.39 is 0 Å². The van der Waals surface area contributed by atoms with Crippen molar-refractivity contribution in [1.82, 2.24) is 14.9 Å². The summed E-state index contributed by atoms with van der Waals surface area (Å²) in [5.74, 6) is 1.85. The average molecular weight is 263 g/mol. The number of hydrogen-bond acceptors (Lipinski definition) is 5. The van der Waals surface area contributed by atoms with E-state index in [9.17, 15) is 0 Å². The molecule has 5 heteroatoms. The van der Waals surface area contributed by atoms with E-state index in [2.05, 4.69) is 52.9 Å². The number of rotatable bonds is 4. The monoisotopic (exact) mass is 263 g/mol. The van der Waals surface area contributed by atoms with Crippen molar-refractivity contribution >= 4 is 11.6 Å². The van der Waals surface area contributed by atoms with Crippen LogP contribution in [0.15, 0.2) is 12.4 Å². The van der Waals surface area contributed by atoms with Crippen molar-refractivity contribution in [2.24, 2.45) is 0 Å². The number of nitrogens with zero attached hydrogens (tertiary/aromatic N) is 4. The normalized spacial score (nSPS) is 24.5. The number of likely N-dealkylation sites (N-methyl/N-ethyl adjacent to an activating group) is 1. The standard InChI is InChI=1S/C14H25N5/c1-5-6-16-13-7-15-8-14(17-13)19-9-11(2)18(4)12(3)10-19/h7-8,11-12H,5-6,9-10H2,1-4H3,(H,16,17). The molecule has 1 aromatic rings. The van der Waals surface area contributed by atoms with Gasteiger partial charge in [-0.05, 0) is 27.3 Å². The van der Waals surface area contributed by atoms with Gasteiger partial charge in [0.2, 0.25) is 0 Å². The predicted molar refractivity (Wildman–Crippen MR) is 79.7 cm³/mol. The second-order valence-corrected chi connectivity index (χ2v) is 5.46. The lowest BCUT2D eigenvalue weighted by atomic mass is 10.1. The summed E-state index contributed by atoms with van der Waals surface area (Å²) >= 11 is 0. The Morgan fingerprint density at radius 3 is 2.58 bits per heavy atom. The van der Waals surface area contributed by atoms with Crippen LogP contribution in [0.3, 0.4) is 0 Å². The van der Waals surface area contributed by atoms with Gasteiger partial charge in [0.1, 0.15) is 11.6 Å². The van der Waals surface area contributed by atoms with Crippen molar-refractivity contribution in [2.45, 2.75) is 39.3 Å². The van der Waals surface area contributed by atoms with Gasteiger partial charge in [-0.3, -0.25) is 9.88 Å². The van der Waals surface area contributed by atoms with E-state index >= 15 is 0 Å². The van der Waals surface area contributed by atoms with E-state index in [4.69, 9.17) is 0 Å². The van der Waals surface area contributed by atoms with E-state index in [1.165, 1.54) is 0 Å². The Labute approximate surface area is 116 Å². The van der Waals surface area contributed by atoms with Crippen molar-refractivity contribution in [2.75, 3.05) is 36.9 Å². The number of nitrogens with one attached hydrogen (secondary N) is 1. The molecule has 0 aliphatic carbocycles. The summed E-state index contributed by atoms with van der Waals surface area (Å²) in [4.78, 5) is 13.7. The first-order chi connectivity index (χ1) is 9.11. The van der Waals surface area contributed by atoms with E-state index in [0.717, 1.165) is 37.7 Å². The highest BCUT2D eigenvalue weighted by atomic mass is 15.3.